The second kappa shape index (κ2) is 7.10. The molecule has 32 heavy (non-hydrogen) atoms. The minimum atomic E-state index is -1.06. The molecule has 0 aromatic heterocycles. The summed E-state index contributed by atoms with van der Waals surface area (Å²) in [6, 6.07) is 1.97. The van der Waals surface area contributed by atoms with Gasteiger partial charge in [0.2, 0.25) is 11.8 Å². The molecular weight excluding hydrogens is 415 g/mol. The number of imide groups is 2. The van der Waals surface area contributed by atoms with E-state index in [1.807, 2.05) is 4.90 Å². The van der Waals surface area contributed by atoms with Gasteiger partial charge in [-0.05, 0) is 52.2 Å². The first-order chi connectivity index (χ1) is 15.1. The topological polar surface area (TPSA) is 90.0 Å². The third-order valence-electron chi connectivity index (χ3n) is 7.21. The van der Waals surface area contributed by atoms with Crippen LogP contribution < -0.4 is 10.2 Å². The Bertz CT molecular complexity index is 1050. The van der Waals surface area contributed by atoms with Gasteiger partial charge in [0.25, 0.3) is 11.8 Å². The first-order valence-corrected chi connectivity index (χ1v) is 11.1. The predicted octanol–water partition coefficient (Wildman–Crippen LogP) is 1.68. The number of carbonyl (C=O) groups is 4. The number of nitrogens with one attached hydrogen (secondary N) is 1. The van der Waals surface area contributed by atoms with Crippen LogP contribution in [0.25, 0.3) is 0 Å². The van der Waals surface area contributed by atoms with E-state index in [2.05, 4.69) is 31.0 Å². The Morgan fingerprint density at radius 3 is 2.19 bits per heavy atom. The maximum atomic E-state index is 15.2. The summed E-state index contributed by atoms with van der Waals surface area (Å²) < 4.78 is 15.2. The van der Waals surface area contributed by atoms with Crippen LogP contribution in [0.3, 0.4) is 0 Å². The maximum absolute atomic E-state index is 15.2. The van der Waals surface area contributed by atoms with Gasteiger partial charge in [0.1, 0.15) is 11.9 Å². The number of piperazine rings is 1. The van der Waals surface area contributed by atoms with Gasteiger partial charge in [-0.2, -0.15) is 0 Å². The summed E-state index contributed by atoms with van der Waals surface area (Å²) in [5, 5.41) is 2.17. The van der Waals surface area contributed by atoms with Gasteiger partial charge in [-0.1, -0.05) is 0 Å². The van der Waals surface area contributed by atoms with Crippen LogP contribution in [0, 0.1) is 5.82 Å². The molecule has 2 bridgehead atoms. The Hall–Kier alpha value is -2.81. The van der Waals surface area contributed by atoms with Crippen LogP contribution in [-0.2, 0) is 9.59 Å². The summed E-state index contributed by atoms with van der Waals surface area (Å²) in [6.45, 7) is 8.03. The molecular formula is C23H27FN4O4. The van der Waals surface area contributed by atoms with Crippen molar-refractivity contribution in [1.29, 1.82) is 0 Å². The Balaban J connectivity index is 1.45. The number of anilines is 1. The number of benzene rings is 1. The summed E-state index contributed by atoms with van der Waals surface area (Å²) in [5.41, 5.74) is 0.444. The van der Waals surface area contributed by atoms with Crippen molar-refractivity contribution >= 4 is 29.3 Å². The standard InChI is InChI=1S/C23H27FN4O4/c1-23(2,3)27-11-12-4-5-13(27)10-26(12)18-9-15-14(8-16(18)24)21(31)28(22(15)32)17-6-7-19(29)25-20(17)30/h8-9,12-13,17H,4-7,10-11H2,1-3H3,(H,25,29,30)/t12?,13?,17-/m1/s1. The van der Waals surface area contributed by atoms with Crippen molar-refractivity contribution in [2.75, 3.05) is 18.0 Å². The Morgan fingerprint density at radius 2 is 1.59 bits per heavy atom. The molecule has 4 fully saturated rings. The van der Waals surface area contributed by atoms with Crippen molar-refractivity contribution in [3.8, 4) is 0 Å². The molecule has 1 aromatic rings. The molecule has 6 rings (SSSR count). The third-order valence-corrected chi connectivity index (χ3v) is 7.21. The van der Waals surface area contributed by atoms with Crippen molar-refractivity contribution < 1.29 is 23.6 Å². The molecule has 4 saturated heterocycles. The van der Waals surface area contributed by atoms with Gasteiger partial charge < -0.3 is 4.90 Å². The highest BCUT2D eigenvalue weighted by Crippen LogP contribution is 2.39. The Morgan fingerprint density at radius 1 is 0.938 bits per heavy atom. The van der Waals surface area contributed by atoms with Crippen LogP contribution in [0.4, 0.5) is 10.1 Å². The molecule has 3 atom stereocenters. The number of halogens is 1. The number of hydrogen-bond acceptors (Lipinski definition) is 6. The Labute approximate surface area is 185 Å². The molecule has 0 saturated carbocycles. The number of fused-ring (bicyclic) bond motifs is 4. The lowest BCUT2D eigenvalue weighted by molar-refractivity contribution is -0.136. The minimum Gasteiger partial charge on any atom is -0.363 e. The van der Waals surface area contributed by atoms with Crippen LogP contribution in [0.15, 0.2) is 12.1 Å². The monoisotopic (exact) mass is 442 g/mol. The van der Waals surface area contributed by atoms with Crippen LogP contribution >= 0.6 is 0 Å². The van der Waals surface area contributed by atoms with E-state index in [4.69, 9.17) is 0 Å². The minimum absolute atomic E-state index is 0.0245. The highest BCUT2D eigenvalue weighted by Gasteiger charge is 2.47. The van der Waals surface area contributed by atoms with Gasteiger partial charge >= 0.3 is 0 Å². The zero-order chi connectivity index (χ0) is 22.9. The van der Waals surface area contributed by atoms with E-state index in [1.54, 1.807) is 0 Å². The van der Waals surface area contributed by atoms with Gasteiger partial charge in [-0.3, -0.25) is 34.3 Å². The molecule has 1 N–H and O–H groups in total. The number of piperidine rings is 3. The van der Waals surface area contributed by atoms with Gasteiger partial charge in [0.15, 0.2) is 0 Å². The van der Waals surface area contributed by atoms with Gasteiger partial charge in [0, 0.05) is 37.1 Å². The highest BCUT2D eigenvalue weighted by atomic mass is 19.1. The lowest BCUT2D eigenvalue weighted by Gasteiger charge is -2.56. The highest BCUT2D eigenvalue weighted by molar-refractivity contribution is 6.23. The smallest absolute Gasteiger partial charge is 0.262 e. The van der Waals surface area contributed by atoms with Crippen LogP contribution in [0.5, 0.6) is 0 Å². The molecule has 5 heterocycles. The summed E-state index contributed by atoms with van der Waals surface area (Å²) in [7, 11) is 0. The largest absolute Gasteiger partial charge is 0.363 e. The van der Waals surface area contributed by atoms with Crippen LogP contribution in [0.1, 0.15) is 67.2 Å². The summed E-state index contributed by atoms with van der Waals surface area (Å²) >= 11 is 0. The van der Waals surface area contributed by atoms with E-state index < -0.39 is 35.5 Å². The number of rotatable bonds is 2. The van der Waals surface area contributed by atoms with Crippen molar-refractivity contribution in [3.63, 3.8) is 0 Å². The second-order valence-corrected chi connectivity index (χ2v) is 10.2. The van der Waals surface area contributed by atoms with Crippen molar-refractivity contribution in [1.82, 2.24) is 15.1 Å². The molecule has 0 spiro atoms. The molecule has 9 heteroatoms. The van der Waals surface area contributed by atoms with Crippen molar-refractivity contribution in [2.24, 2.45) is 0 Å². The molecule has 5 aliphatic heterocycles. The predicted molar refractivity (Wildman–Crippen MR) is 114 cm³/mol. The van der Waals surface area contributed by atoms with Crippen LogP contribution in [-0.4, -0.2) is 70.2 Å². The zero-order valence-corrected chi connectivity index (χ0v) is 18.5. The average Bonchev–Trinajstić information content (AvgIpc) is 2.97. The van der Waals surface area contributed by atoms with E-state index in [-0.39, 0.29) is 35.5 Å². The van der Waals surface area contributed by atoms with E-state index in [9.17, 15) is 19.2 Å². The lowest BCUT2D eigenvalue weighted by atomic mass is 9.86. The fraction of sp³-hybridized carbons (Fsp3) is 0.565. The first-order valence-electron chi connectivity index (χ1n) is 11.1. The van der Waals surface area contributed by atoms with Gasteiger partial charge in [0.05, 0.1) is 16.8 Å². The van der Waals surface area contributed by atoms with Gasteiger partial charge in [-0.25, -0.2) is 4.39 Å². The number of nitrogens with zero attached hydrogens (tertiary/aromatic N) is 3. The molecule has 0 aliphatic carbocycles. The zero-order valence-electron chi connectivity index (χ0n) is 18.5. The molecule has 170 valence electrons. The van der Waals surface area contributed by atoms with Crippen LogP contribution in [0.2, 0.25) is 0 Å². The molecule has 8 nitrogen and oxygen atoms in total. The van der Waals surface area contributed by atoms with Crippen molar-refractivity contribution in [3.05, 3.63) is 29.1 Å². The second-order valence-electron chi connectivity index (χ2n) is 10.2. The van der Waals surface area contributed by atoms with Gasteiger partial charge in [-0.15, -0.1) is 0 Å². The van der Waals surface area contributed by atoms with E-state index in [0.29, 0.717) is 18.3 Å². The molecule has 4 amide bonds. The SMILES string of the molecule is CC(C)(C)N1CC2CCC1CN2c1cc2c(cc1F)C(=O)N([C@@H]1CCC(=O)NC1=O)C2=O. The van der Waals surface area contributed by atoms with E-state index >= 15 is 4.39 Å². The fourth-order valence-electron chi connectivity index (χ4n) is 5.64. The maximum Gasteiger partial charge on any atom is 0.262 e. The first kappa shape index (κ1) is 21.1. The molecule has 5 aliphatic rings. The quantitative estimate of drug-likeness (QED) is 0.701. The third kappa shape index (κ3) is 3.13. The lowest BCUT2D eigenvalue weighted by Crippen LogP contribution is -2.67. The van der Waals surface area contributed by atoms with E-state index in [0.717, 1.165) is 30.4 Å². The summed E-state index contributed by atoms with van der Waals surface area (Å²) in [5.74, 6) is -2.94. The average molecular weight is 442 g/mol. The van der Waals surface area contributed by atoms with E-state index in [1.165, 1.54) is 6.07 Å². The normalized spacial score (nSPS) is 28.4. The molecule has 1 aromatic carbocycles. The number of hydrogen-bond donors (Lipinski definition) is 1. The molecule has 2 unspecified atom stereocenters. The Kier molecular flexibility index (Phi) is 4.67. The van der Waals surface area contributed by atoms with Crippen molar-refractivity contribution in [2.45, 2.75) is 70.1 Å². The summed E-state index contributed by atoms with van der Waals surface area (Å²) in [6.07, 6.45) is 2.11. The number of amides is 4. The molecule has 0 radical (unpaired) electrons. The summed E-state index contributed by atoms with van der Waals surface area (Å²) in [4.78, 5) is 55.1. The number of carbonyl (C=O) groups excluding carboxylic acids is 4. The fourth-order valence-corrected chi connectivity index (χ4v) is 5.64.